The minimum absolute atomic E-state index is 0.360. The lowest BCUT2D eigenvalue weighted by atomic mass is 10.1. The second-order valence-corrected chi connectivity index (χ2v) is 4.52. The summed E-state index contributed by atoms with van der Waals surface area (Å²) < 4.78 is 7.33. The first kappa shape index (κ1) is 13.5. The average molecular weight is 260 g/mol. The van der Waals surface area contributed by atoms with Crippen LogP contribution in [-0.2, 0) is 13.7 Å². The summed E-state index contributed by atoms with van der Waals surface area (Å²) in [6.07, 6.45) is 1.85. The Bertz CT molecular complexity index is 506. The molecule has 102 valence electrons. The van der Waals surface area contributed by atoms with Gasteiger partial charge in [-0.3, -0.25) is 4.68 Å². The highest BCUT2D eigenvalue weighted by molar-refractivity contribution is 5.29. The van der Waals surface area contributed by atoms with Crippen molar-refractivity contribution in [2.75, 3.05) is 6.54 Å². The number of benzene rings is 1. The summed E-state index contributed by atoms with van der Waals surface area (Å²) in [4.78, 5) is 0. The van der Waals surface area contributed by atoms with Gasteiger partial charge in [0, 0.05) is 13.1 Å². The Morgan fingerprint density at radius 1 is 1.32 bits per heavy atom. The molecule has 2 rings (SSSR count). The molecule has 1 aromatic carbocycles. The van der Waals surface area contributed by atoms with E-state index in [2.05, 4.69) is 41.6 Å². The largest absolute Gasteiger partial charge is 0.487 e. The molecule has 2 aromatic rings. The van der Waals surface area contributed by atoms with E-state index >= 15 is 0 Å². The quantitative estimate of drug-likeness (QED) is 0.864. The Balaban J connectivity index is 1.91. The van der Waals surface area contributed by atoms with Crippen LogP contribution in [0.4, 0.5) is 0 Å². The molecule has 1 aromatic heterocycles. The van der Waals surface area contributed by atoms with E-state index in [4.69, 9.17) is 4.74 Å². The maximum atomic E-state index is 5.66. The highest BCUT2D eigenvalue weighted by Crippen LogP contribution is 2.18. The van der Waals surface area contributed by atoms with Crippen molar-refractivity contribution in [3.8, 4) is 5.75 Å². The van der Waals surface area contributed by atoms with Gasteiger partial charge in [-0.1, -0.05) is 24.3 Å². The number of ether oxygens (including phenoxy) is 1. The first-order valence-electron chi connectivity index (χ1n) is 6.50. The van der Waals surface area contributed by atoms with Gasteiger partial charge in [-0.15, -0.1) is 5.10 Å². The minimum atomic E-state index is 0.360. The van der Waals surface area contributed by atoms with Gasteiger partial charge in [0.25, 0.3) is 0 Å². The second kappa shape index (κ2) is 6.33. The molecular formula is C14H20N4O. The zero-order chi connectivity index (χ0) is 13.7. The summed E-state index contributed by atoms with van der Waals surface area (Å²) in [5.74, 6) is 0.845. The van der Waals surface area contributed by atoms with Crippen molar-refractivity contribution in [2.45, 2.75) is 26.5 Å². The summed E-state index contributed by atoms with van der Waals surface area (Å²) in [5, 5.41) is 11.2. The SMILES string of the molecule is CCNC(C)c1ccc(OCc2cn(C)nn2)cc1. The van der Waals surface area contributed by atoms with Crippen LogP contribution in [0.2, 0.25) is 0 Å². The summed E-state index contributed by atoms with van der Waals surface area (Å²) in [6, 6.07) is 8.50. The van der Waals surface area contributed by atoms with E-state index in [0.29, 0.717) is 12.6 Å². The Labute approximate surface area is 113 Å². The maximum Gasteiger partial charge on any atom is 0.134 e. The molecule has 1 N–H and O–H groups in total. The first-order valence-corrected chi connectivity index (χ1v) is 6.50. The number of aromatic nitrogens is 3. The molecule has 5 nitrogen and oxygen atoms in total. The maximum absolute atomic E-state index is 5.66. The Hall–Kier alpha value is -1.88. The standard InChI is InChI=1S/C14H20N4O/c1-4-15-11(2)12-5-7-14(8-6-12)19-10-13-9-18(3)17-16-13/h5-9,11,15H,4,10H2,1-3H3. The molecule has 1 unspecified atom stereocenters. The van der Waals surface area contributed by atoms with Gasteiger partial charge in [0.1, 0.15) is 18.1 Å². The van der Waals surface area contributed by atoms with E-state index in [1.54, 1.807) is 4.68 Å². The van der Waals surface area contributed by atoms with Crippen LogP contribution in [0.1, 0.15) is 31.1 Å². The zero-order valence-electron chi connectivity index (χ0n) is 11.6. The molecule has 0 radical (unpaired) electrons. The number of rotatable bonds is 6. The molecule has 0 aliphatic heterocycles. The zero-order valence-corrected chi connectivity index (χ0v) is 11.6. The number of aryl methyl sites for hydroxylation is 1. The van der Waals surface area contributed by atoms with E-state index in [9.17, 15) is 0 Å². The molecule has 0 amide bonds. The van der Waals surface area contributed by atoms with Crippen molar-refractivity contribution in [3.63, 3.8) is 0 Å². The van der Waals surface area contributed by atoms with Gasteiger partial charge in [0.2, 0.25) is 0 Å². The van der Waals surface area contributed by atoms with Crippen molar-refractivity contribution >= 4 is 0 Å². The van der Waals surface area contributed by atoms with Gasteiger partial charge in [-0.05, 0) is 31.2 Å². The summed E-state index contributed by atoms with van der Waals surface area (Å²) in [6.45, 7) is 5.66. The van der Waals surface area contributed by atoms with Crippen LogP contribution >= 0.6 is 0 Å². The lowest BCUT2D eigenvalue weighted by molar-refractivity contribution is 0.301. The molecule has 1 atom stereocenters. The lowest BCUT2D eigenvalue weighted by Crippen LogP contribution is -2.17. The third-order valence-electron chi connectivity index (χ3n) is 2.93. The van der Waals surface area contributed by atoms with Crippen molar-refractivity contribution in [1.29, 1.82) is 0 Å². The molecule has 5 heteroatoms. The van der Waals surface area contributed by atoms with Crippen LogP contribution in [0, 0.1) is 0 Å². The van der Waals surface area contributed by atoms with Gasteiger partial charge < -0.3 is 10.1 Å². The predicted molar refractivity (Wildman–Crippen MR) is 73.9 cm³/mol. The fourth-order valence-corrected chi connectivity index (χ4v) is 1.90. The normalized spacial score (nSPS) is 12.4. The molecule has 19 heavy (non-hydrogen) atoms. The third-order valence-corrected chi connectivity index (χ3v) is 2.93. The number of nitrogens with zero attached hydrogens (tertiary/aromatic N) is 3. The van der Waals surface area contributed by atoms with Gasteiger partial charge in [-0.2, -0.15) is 0 Å². The highest BCUT2D eigenvalue weighted by atomic mass is 16.5. The molecule has 0 aliphatic carbocycles. The predicted octanol–water partition coefficient (Wildman–Crippen LogP) is 2.06. The lowest BCUT2D eigenvalue weighted by Gasteiger charge is -2.13. The fraction of sp³-hybridized carbons (Fsp3) is 0.429. The highest BCUT2D eigenvalue weighted by Gasteiger charge is 2.04. The number of nitrogens with one attached hydrogen (secondary N) is 1. The number of hydrogen-bond donors (Lipinski definition) is 1. The van der Waals surface area contributed by atoms with Crippen LogP contribution in [0.25, 0.3) is 0 Å². The van der Waals surface area contributed by atoms with Crippen LogP contribution in [-0.4, -0.2) is 21.5 Å². The molecule has 1 heterocycles. The van der Waals surface area contributed by atoms with E-state index in [0.717, 1.165) is 18.0 Å². The Kier molecular flexibility index (Phi) is 4.52. The van der Waals surface area contributed by atoms with E-state index in [1.807, 2.05) is 25.4 Å². The molecular weight excluding hydrogens is 240 g/mol. The van der Waals surface area contributed by atoms with Crippen molar-refractivity contribution in [2.24, 2.45) is 7.05 Å². The number of hydrogen-bond acceptors (Lipinski definition) is 4. The molecule has 0 saturated heterocycles. The molecule has 0 spiro atoms. The van der Waals surface area contributed by atoms with E-state index < -0.39 is 0 Å². The molecule has 0 bridgehead atoms. The van der Waals surface area contributed by atoms with Crippen LogP contribution < -0.4 is 10.1 Å². The van der Waals surface area contributed by atoms with Crippen LogP contribution in [0.5, 0.6) is 5.75 Å². The van der Waals surface area contributed by atoms with E-state index in [1.165, 1.54) is 5.56 Å². The van der Waals surface area contributed by atoms with Crippen molar-refractivity contribution in [3.05, 3.63) is 41.7 Å². The van der Waals surface area contributed by atoms with Crippen LogP contribution in [0.3, 0.4) is 0 Å². The monoisotopic (exact) mass is 260 g/mol. The summed E-state index contributed by atoms with van der Waals surface area (Å²) in [7, 11) is 1.84. The smallest absolute Gasteiger partial charge is 0.134 e. The summed E-state index contributed by atoms with van der Waals surface area (Å²) in [5.41, 5.74) is 2.08. The van der Waals surface area contributed by atoms with Gasteiger partial charge >= 0.3 is 0 Å². The Morgan fingerprint density at radius 2 is 2.05 bits per heavy atom. The third kappa shape index (κ3) is 3.79. The minimum Gasteiger partial charge on any atom is -0.487 e. The van der Waals surface area contributed by atoms with Gasteiger partial charge in [0.15, 0.2) is 0 Å². The Morgan fingerprint density at radius 3 is 2.63 bits per heavy atom. The topological polar surface area (TPSA) is 52.0 Å². The van der Waals surface area contributed by atoms with Crippen molar-refractivity contribution < 1.29 is 4.74 Å². The van der Waals surface area contributed by atoms with Gasteiger partial charge in [0.05, 0.1) is 6.20 Å². The first-order chi connectivity index (χ1) is 9.19. The van der Waals surface area contributed by atoms with E-state index in [-0.39, 0.29) is 0 Å². The van der Waals surface area contributed by atoms with Crippen molar-refractivity contribution in [1.82, 2.24) is 20.3 Å². The van der Waals surface area contributed by atoms with Gasteiger partial charge in [-0.25, -0.2) is 0 Å². The average Bonchev–Trinajstić information content (AvgIpc) is 2.83. The molecule has 0 aliphatic rings. The molecule has 0 saturated carbocycles. The fourth-order valence-electron chi connectivity index (χ4n) is 1.90. The van der Waals surface area contributed by atoms with Crippen LogP contribution in [0.15, 0.2) is 30.5 Å². The second-order valence-electron chi connectivity index (χ2n) is 4.52. The molecule has 0 fully saturated rings. The summed E-state index contributed by atoms with van der Waals surface area (Å²) >= 11 is 0.